The number of thioether (sulfide) groups is 1. The summed E-state index contributed by atoms with van der Waals surface area (Å²) in [5.41, 5.74) is -1.66. The molecule has 0 aliphatic carbocycles. The van der Waals surface area contributed by atoms with Crippen LogP contribution in [0, 0.1) is 0 Å². The van der Waals surface area contributed by atoms with E-state index in [4.69, 9.17) is 55.9 Å². The Bertz CT molecular complexity index is 994. The second-order valence-corrected chi connectivity index (χ2v) is 13.2. The van der Waals surface area contributed by atoms with Crippen molar-refractivity contribution in [3.63, 3.8) is 0 Å². The van der Waals surface area contributed by atoms with E-state index < -0.39 is 69.6 Å². The molecule has 1 aliphatic heterocycles. The van der Waals surface area contributed by atoms with Crippen LogP contribution in [0.4, 0.5) is 9.18 Å². The second kappa shape index (κ2) is 14.1. The number of ether oxygens (including phenoxy) is 3. The maximum absolute atomic E-state index is 13.6. The van der Waals surface area contributed by atoms with Crippen LogP contribution in [-0.2, 0) is 35.0 Å². The Morgan fingerprint density at radius 2 is 1.79 bits per heavy atom. The van der Waals surface area contributed by atoms with Gasteiger partial charge in [0.1, 0.15) is 36.4 Å². The molecule has 0 saturated carbocycles. The molecule has 1 saturated heterocycles. The van der Waals surface area contributed by atoms with Crippen LogP contribution in [-0.4, -0.2) is 80.3 Å². The Hall–Kier alpha value is -1.66. The molecule has 38 heavy (non-hydrogen) atoms. The number of hydrogen-bond acceptors (Lipinski definition) is 8. The first-order valence-corrected chi connectivity index (χ1v) is 13.8. The van der Waals surface area contributed by atoms with Gasteiger partial charge in [0.05, 0.1) is 6.42 Å². The predicted octanol–water partition coefficient (Wildman–Crippen LogP) is 4.38. The van der Waals surface area contributed by atoms with Crippen LogP contribution in [0.5, 0.6) is 0 Å². The molecule has 9 nitrogen and oxygen atoms in total. The van der Waals surface area contributed by atoms with Crippen molar-refractivity contribution in [2.75, 3.05) is 19.0 Å². The highest BCUT2D eigenvalue weighted by Gasteiger charge is 2.53. The van der Waals surface area contributed by atoms with Crippen molar-refractivity contribution in [1.29, 1.82) is 0 Å². The summed E-state index contributed by atoms with van der Waals surface area (Å²) in [6.45, 7) is 3.19. The lowest BCUT2D eigenvalue weighted by Crippen LogP contribution is -2.72. The summed E-state index contributed by atoms with van der Waals surface area (Å²) in [4.78, 5) is 50.9. The number of rotatable bonds is 11. The maximum Gasteiger partial charge on any atom is 0.508 e. The SMILES string of the molecule is CC(C)(C)OC(=O)C(Cl)N1C(=O)[C@H](NC(=O)Cc2ccccc2)[C@@H]1SCC(CF)OC(=O)OCC(Cl)(Cl)Cl. The Kier molecular flexibility index (Phi) is 12.1. The van der Waals surface area contributed by atoms with Crippen LogP contribution in [0.25, 0.3) is 0 Å². The lowest BCUT2D eigenvalue weighted by atomic mass is 10.1. The molecule has 1 aromatic carbocycles. The molecular formula is C23H27Cl4FN2O7S. The molecule has 1 heterocycles. The number of benzene rings is 1. The monoisotopic (exact) mass is 634 g/mol. The molecule has 2 rings (SSSR count). The lowest BCUT2D eigenvalue weighted by Gasteiger charge is -2.48. The highest BCUT2D eigenvalue weighted by Crippen LogP contribution is 2.35. The van der Waals surface area contributed by atoms with E-state index in [1.54, 1.807) is 51.1 Å². The van der Waals surface area contributed by atoms with Gasteiger partial charge in [-0.1, -0.05) is 76.7 Å². The number of likely N-dealkylation sites (tertiary alicyclic amines) is 1. The summed E-state index contributed by atoms with van der Waals surface area (Å²) in [5, 5.41) is 1.73. The Morgan fingerprint density at radius 3 is 2.34 bits per heavy atom. The quantitative estimate of drug-likeness (QED) is 0.165. The van der Waals surface area contributed by atoms with Crippen molar-refractivity contribution >= 4 is 82.1 Å². The summed E-state index contributed by atoms with van der Waals surface area (Å²) in [5.74, 6) is -2.14. The third-order valence-electron chi connectivity index (χ3n) is 4.69. The van der Waals surface area contributed by atoms with Crippen LogP contribution in [0.3, 0.4) is 0 Å². The van der Waals surface area contributed by atoms with Crippen LogP contribution >= 0.6 is 58.2 Å². The van der Waals surface area contributed by atoms with Gasteiger partial charge in [0, 0.05) is 5.75 Å². The standard InChI is InChI=1S/C23H27Cl4FN2O7S/c1-22(2,3)37-20(33)17(24)30-18(32)16(29-15(31)9-13-7-5-4-6-8-13)19(30)38-11-14(10-28)36-21(34)35-12-23(25,26)27/h4-8,14,16-17,19H,9-12H2,1-3H3,(H,29,31)/t14?,16-,17?,19-/m0/s1. The molecule has 2 unspecified atom stereocenters. The van der Waals surface area contributed by atoms with Gasteiger partial charge in [-0.25, -0.2) is 14.0 Å². The van der Waals surface area contributed by atoms with E-state index in [9.17, 15) is 23.6 Å². The molecule has 212 valence electrons. The molecular weight excluding hydrogens is 609 g/mol. The topological polar surface area (TPSA) is 111 Å². The van der Waals surface area contributed by atoms with Crippen molar-refractivity contribution in [3.05, 3.63) is 35.9 Å². The zero-order valence-corrected chi connectivity index (χ0v) is 24.5. The molecule has 1 fully saturated rings. The molecule has 1 aliphatic rings. The zero-order valence-electron chi connectivity index (χ0n) is 20.6. The first-order valence-electron chi connectivity index (χ1n) is 11.2. The minimum Gasteiger partial charge on any atom is -0.458 e. The Balaban J connectivity index is 2.10. The van der Waals surface area contributed by atoms with E-state index in [1.807, 2.05) is 0 Å². The van der Waals surface area contributed by atoms with E-state index in [0.29, 0.717) is 0 Å². The molecule has 0 spiro atoms. The molecule has 1 aromatic rings. The smallest absolute Gasteiger partial charge is 0.458 e. The van der Waals surface area contributed by atoms with Gasteiger partial charge in [-0.15, -0.1) is 11.8 Å². The number of esters is 1. The predicted molar refractivity (Wildman–Crippen MR) is 143 cm³/mol. The van der Waals surface area contributed by atoms with E-state index in [2.05, 4.69) is 10.1 Å². The number of amides is 2. The van der Waals surface area contributed by atoms with Crippen molar-refractivity contribution in [1.82, 2.24) is 10.2 Å². The first kappa shape index (κ1) is 32.6. The van der Waals surface area contributed by atoms with Gasteiger partial charge in [0.2, 0.25) is 15.2 Å². The van der Waals surface area contributed by atoms with Crippen molar-refractivity contribution in [2.45, 2.75) is 59.6 Å². The molecule has 4 atom stereocenters. The van der Waals surface area contributed by atoms with E-state index >= 15 is 0 Å². The second-order valence-electron chi connectivity index (χ2n) is 9.09. The van der Waals surface area contributed by atoms with Crippen LogP contribution in [0.15, 0.2) is 30.3 Å². The summed E-state index contributed by atoms with van der Waals surface area (Å²) in [6, 6.07) is 7.77. The number of β-lactam (4-membered cyclic amide) rings is 1. The molecule has 1 N–H and O–H groups in total. The molecule has 0 radical (unpaired) electrons. The molecule has 2 amide bonds. The van der Waals surface area contributed by atoms with Gasteiger partial charge < -0.3 is 19.5 Å². The van der Waals surface area contributed by atoms with Gasteiger partial charge in [-0.3, -0.25) is 14.5 Å². The fraction of sp³-hybridized carbons (Fsp3) is 0.565. The number of nitrogens with one attached hydrogen (secondary N) is 1. The normalized spacial score (nSPS) is 19.2. The van der Waals surface area contributed by atoms with Gasteiger partial charge in [0.25, 0.3) is 5.91 Å². The third-order valence-corrected chi connectivity index (χ3v) is 6.81. The third kappa shape index (κ3) is 10.5. The number of alkyl halides is 5. The van der Waals surface area contributed by atoms with Gasteiger partial charge in [-0.05, 0) is 26.3 Å². The summed E-state index contributed by atoms with van der Waals surface area (Å²) >= 11 is 23.7. The summed E-state index contributed by atoms with van der Waals surface area (Å²) < 4.78 is 26.5. The van der Waals surface area contributed by atoms with Crippen molar-refractivity contribution < 1.29 is 37.8 Å². The highest BCUT2D eigenvalue weighted by atomic mass is 35.6. The fourth-order valence-corrected chi connectivity index (χ4v) is 4.96. The average molecular weight is 636 g/mol. The molecule has 0 aromatic heterocycles. The van der Waals surface area contributed by atoms with Crippen molar-refractivity contribution in [3.8, 4) is 0 Å². The number of halogens is 5. The number of carbonyl (C=O) groups excluding carboxylic acids is 4. The van der Waals surface area contributed by atoms with Gasteiger partial charge in [0.15, 0.2) is 0 Å². The first-order chi connectivity index (χ1) is 17.6. The Morgan fingerprint density at radius 1 is 1.16 bits per heavy atom. The van der Waals surface area contributed by atoms with Crippen LogP contribution < -0.4 is 5.32 Å². The summed E-state index contributed by atoms with van der Waals surface area (Å²) in [7, 11) is 0. The van der Waals surface area contributed by atoms with E-state index in [0.717, 1.165) is 22.2 Å². The largest absolute Gasteiger partial charge is 0.508 e. The minimum absolute atomic E-state index is 0.00361. The minimum atomic E-state index is -1.88. The van der Waals surface area contributed by atoms with Gasteiger partial charge >= 0.3 is 12.1 Å². The van der Waals surface area contributed by atoms with Crippen LogP contribution in [0.2, 0.25) is 0 Å². The molecule has 0 bridgehead atoms. The maximum atomic E-state index is 13.6. The van der Waals surface area contributed by atoms with Crippen LogP contribution in [0.1, 0.15) is 26.3 Å². The average Bonchev–Trinajstić information content (AvgIpc) is 2.81. The number of nitrogens with zero attached hydrogens (tertiary/aromatic N) is 1. The van der Waals surface area contributed by atoms with Crippen molar-refractivity contribution in [2.24, 2.45) is 0 Å². The van der Waals surface area contributed by atoms with Gasteiger partial charge in [-0.2, -0.15) is 0 Å². The number of hydrogen-bond donors (Lipinski definition) is 1. The zero-order chi connectivity index (χ0) is 28.7. The lowest BCUT2D eigenvalue weighted by molar-refractivity contribution is -0.167. The number of carbonyl (C=O) groups is 4. The summed E-state index contributed by atoms with van der Waals surface area (Å²) in [6.07, 6.45) is -2.57. The molecule has 15 heteroatoms. The highest BCUT2D eigenvalue weighted by molar-refractivity contribution is 8.00. The van der Waals surface area contributed by atoms with E-state index in [1.165, 1.54) is 0 Å². The fourth-order valence-electron chi connectivity index (χ4n) is 3.13. The Labute approximate surface area is 243 Å². The van der Waals surface area contributed by atoms with E-state index in [-0.39, 0.29) is 12.2 Å².